The average Bonchev–Trinajstić information content (AvgIpc) is 3.16. The summed E-state index contributed by atoms with van der Waals surface area (Å²) >= 11 is 0. The van der Waals surface area contributed by atoms with E-state index in [0.29, 0.717) is 12.2 Å². The Morgan fingerprint density at radius 2 is 1.84 bits per heavy atom. The number of aromatic nitrogens is 1. The lowest BCUT2D eigenvalue weighted by Gasteiger charge is -2.18. The molecule has 1 unspecified atom stereocenters. The average molecular weight is 518 g/mol. The zero-order chi connectivity index (χ0) is 27.8. The maximum Gasteiger partial charge on any atom is 0.325 e. The number of carbonyl (C=O) groups is 1. The summed E-state index contributed by atoms with van der Waals surface area (Å²) in [5.41, 5.74) is 2.76. The molecule has 4 rings (SSSR count). The summed E-state index contributed by atoms with van der Waals surface area (Å²) in [6.07, 6.45) is 8.69. The molecule has 3 aromatic rings. The van der Waals surface area contributed by atoms with E-state index >= 15 is 0 Å². The largest absolute Gasteiger partial charge is 0.494 e. The molecule has 0 radical (unpaired) electrons. The third-order valence-corrected chi connectivity index (χ3v) is 5.74. The van der Waals surface area contributed by atoms with Crippen molar-refractivity contribution < 1.29 is 23.4 Å². The van der Waals surface area contributed by atoms with Crippen molar-refractivity contribution in [3.63, 3.8) is 0 Å². The number of nitrogens with one attached hydrogen (secondary N) is 1. The molecule has 196 valence electrons. The first kappa shape index (κ1) is 28.1. The van der Waals surface area contributed by atoms with Gasteiger partial charge in [-0.25, -0.2) is 13.8 Å². The van der Waals surface area contributed by atoms with E-state index in [-0.39, 0.29) is 27.8 Å². The number of allylic oxidation sites excluding steroid dienone is 5. The molecule has 0 spiro atoms. The van der Waals surface area contributed by atoms with E-state index in [0.717, 1.165) is 35.4 Å². The van der Waals surface area contributed by atoms with Crippen LogP contribution in [0.2, 0.25) is 0 Å². The molecule has 1 atom stereocenters. The predicted molar refractivity (Wildman–Crippen MR) is 145 cm³/mol. The minimum Gasteiger partial charge on any atom is -0.494 e. The molecule has 0 aliphatic heterocycles. The van der Waals surface area contributed by atoms with Gasteiger partial charge in [0.2, 0.25) is 0 Å². The van der Waals surface area contributed by atoms with E-state index in [1.54, 1.807) is 12.1 Å². The molecular formula is C30H29F2N3O3. The quantitative estimate of drug-likeness (QED) is 0.343. The summed E-state index contributed by atoms with van der Waals surface area (Å²) in [6, 6.07) is 10.1. The lowest BCUT2D eigenvalue weighted by molar-refractivity contribution is -0.137. The van der Waals surface area contributed by atoms with Crippen molar-refractivity contribution in [2.75, 3.05) is 11.9 Å². The number of nitriles is 1. The van der Waals surface area contributed by atoms with Crippen LogP contribution in [0.15, 0.2) is 66.5 Å². The fourth-order valence-electron chi connectivity index (χ4n) is 3.95. The zero-order valence-electron chi connectivity index (χ0n) is 21.7. The van der Waals surface area contributed by atoms with Crippen LogP contribution in [0.3, 0.4) is 0 Å². The third-order valence-electron chi connectivity index (χ3n) is 5.74. The van der Waals surface area contributed by atoms with Gasteiger partial charge in [0, 0.05) is 22.6 Å². The smallest absolute Gasteiger partial charge is 0.325 e. The molecule has 0 amide bonds. The van der Waals surface area contributed by atoms with Gasteiger partial charge in [-0.1, -0.05) is 56.3 Å². The van der Waals surface area contributed by atoms with Crippen LogP contribution in [0, 0.1) is 23.0 Å². The highest BCUT2D eigenvalue weighted by Crippen LogP contribution is 2.36. The van der Waals surface area contributed by atoms with Crippen LogP contribution in [-0.2, 0) is 9.53 Å². The standard InChI is InChI=1S/C28H23F2N3O3.C2H6/c1-3-36-25-8-6-4-5-7-19(25)17-9-11-18(12-10-17)26-21(15-31)27(32-16(2)28(34)35)20-13-22(29)23(30)14-24(20)33-26;1-2/h4-5,7-14,16H,3,6H2,1-2H3,(H,32,33)(H,34,35);1-2H3. The monoisotopic (exact) mass is 517 g/mol. The van der Waals surface area contributed by atoms with E-state index in [4.69, 9.17) is 4.74 Å². The molecule has 0 saturated heterocycles. The lowest BCUT2D eigenvalue weighted by Crippen LogP contribution is -2.26. The van der Waals surface area contributed by atoms with Crippen LogP contribution >= 0.6 is 0 Å². The van der Waals surface area contributed by atoms with E-state index in [2.05, 4.69) is 16.4 Å². The molecule has 1 aliphatic carbocycles. The maximum absolute atomic E-state index is 14.1. The van der Waals surface area contributed by atoms with Crippen molar-refractivity contribution in [2.24, 2.45) is 0 Å². The molecular weight excluding hydrogens is 488 g/mol. The molecule has 6 nitrogen and oxygen atoms in total. The Hall–Kier alpha value is -4.51. The Morgan fingerprint density at radius 3 is 2.47 bits per heavy atom. The van der Waals surface area contributed by atoms with E-state index in [9.17, 15) is 23.9 Å². The normalized spacial score (nSPS) is 13.3. The lowest BCUT2D eigenvalue weighted by atomic mass is 9.97. The van der Waals surface area contributed by atoms with Crippen LogP contribution < -0.4 is 5.32 Å². The van der Waals surface area contributed by atoms with Crippen molar-refractivity contribution in [3.8, 4) is 17.3 Å². The molecule has 1 aliphatic rings. The van der Waals surface area contributed by atoms with Crippen molar-refractivity contribution in [1.29, 1.82) is 5.26 Å². The number of aliphatic carboxylic acids is 1. The van der Waals surface area contributed by atoms with Gasteiger partial charge in [-0.15, -0.1) is 0 Å². The summed E-state index contributed by atoms with van der Waals surface area (Å²) in [5, 5.41) is 22.2. The number of nitrogens with zero attached hydrogens (tertiary/aromatic N) is 2. The Kier molecular flexibility index (Phi) is 9.33. The number of pyridine rings is 1. The van der Waals surface area contributed by atoms with Crippen LogP contribution in [0.25, 0.3) is 27.7 Å². The first-order chi connectivity index (χ1) is 18.3. The number of halogens is 2. The van der Waals surface area contributed by atoms with E-state index < -0.39 is 23.6 Å². The number of rotatable bonds is 7. The van der Waals surface area contributed by atoms with E-state index in [1.807, 2.05) is 57.2 Å². The second-order valence-corrected chi connectivity index (χ2v) is 8.13. The van der Waals surface area contributed by atoms with Gasteiger partial charge in [0.1, 0.15) is 23.4 Å². The second kappa shape index (κ2) is 12.6. The Labute approximate surface area is 220 Å². The Balaban J connectivity index is 0.00000195. The fraction of sp³-hybridized carbons (Fsp3) is 0.233. The minimum atomic E-state index is -1.17. The van der Waals surface area contributed by atoms with Gasteiger partial charge in [-0.05, 0) is 38.0 Å². The first-order valence-electron chi connectivity index (χ1n) is 12.4. The fourth-order valence-corrected chi connectivity index (χ4v) is 3.95. The summed E-state index contributed by atoms with van der Waals surface area (Å²) in [5.74, 6) is -2.62. The number of fused-ring (bicyclic) bond motifs is 1. The van der Waals surface area contributed by atoms with Crippen molar-refractivity contribution in [3.05, 3.63) is 89.2 Å². The summed E-state index contributed by atoms with van der Waals surface area (Å²) in [7, 11) is 0. The molecule has 8 heteroatoms. The van der Waals surface area contributed by atoms with Crippen LogP contribution in [0.1, 0.15) is 45.2 Å². The Morgan fingerprint density at radius 1 is 1.18 bits per heavy atom. The number of hydrogen-bond acceptors (Lipinski definition) is 5. The summed E-state index contributed by atoms with van der Waals surface area (Å²) < 4.78 is 33.9. The first-order valence-corrected chi connectivity index (χ1v) is 12.4. The highest BCUT2D eigenvalue weighted by molar-refractivity contribution is 5.99. The van der Waals surface area contributed by atoms with Gasteiger partial charge in [-0.2, -0.15) is 5.26 Å². The molecule has 0 fully saturated rings. The van der Waals surface area contributed by atoms with Crippen LogP contribution in [0.5, 0.6) is 0 Å². The van der Waals surface area contributed by atoms with Gasteiger partial charge in [0.05, 0.1) is 23.5 Å². The highest BCUT2D eigenvalue weighted by Gasteiger charge is 2.22. The second-order valence-electron chi connectivity index (χ2n) is 8.13. The summed E-state index contributed by atoms with van der Waals surface area (Å²) in [6.45, 7) is 7.83. The molecule has 1 aromatic heterocycles. The number of carboxylic acids is 1. The number of carboxylic acid groups (broad SMARTS) is 1. The van der Waals surface area contributed by atoms with Gasteiger partial charge >= 0.3 is 5.97 Å². The molecule has 0 bridgehead atoms. The number of ether oxygens (including phenoxy) is 1. The number of anilines is 1. The van der Waals surface area contributed by atoms with Crippen molar-refractivity contribution in [1.82, 2.24) is 4.98 Å². The molecule has 2 N–H and O–H groups in total. The third kappa shape index (κ3) is 5.89. The Bertz CT molecular complexity index is 1470. The zero-order valence-corrected chi connectivity index (χ0v) is 21.7. The number of benzene rings is 2. The van der Waals surface area contributed by atoms with Gasteiger partial charge in [0.25, 0.3) is 0 Å². The predicted octanol–water partition coefficient (Wildman–Crippen LogP) is 7.23. The SMILES string of the molecule is CC.CCOC1=CCC=CC=C1c1ccc(-c2nc3cc(F)c(F)cc3c(NC(C)C(=O)O)c2C#N)cc1. The summed E-state index contributed by atoms with van der Waals surface area (Å²) in [4.78, 5) is 15.9. The van der Waals surface area contributed by atoms with Crippen molar-refractivity contribution in [2.45, 2.75) is 40.2 Å². The molecule has 38 heavy (non-hydrogen) atoms. The topological polar surface area (TPSA) is 95.2 Å². The molecule has 1 heterocycles. The van der Waals surface area contributed by atoms with Gasteiger partial charge < -0.3 is 15.2 Å². The van der Waals surface area contributed by atoms with Gasteiger partial charge in [0.15, 0.2) is 11.6 Å². The highest BCUT2D eigenvalue weighted by atomic mass is 19.2. The number of hydrogen-bond donors (Lipinski definition) is 2. The van der Waals surface area contributed by atoms with Crippen LogP contribution in [-0.4, -0.2) is 28.7 Å². The minimum absolute atomic E-state index is 0.0286. The maximum atomic E-state index is 14.1. The molecule has 2 aromatic carbocycles. The molecule has 0 saturated carbocycles. The van der Waals surface area contributed by atoms with Crippen molar-refractivity contribution >= 4 is 28.1 Å². The van der Waals surface area contributed by atoms with Crippen LogP contribution in [0.4, 0.5) is 14.5 Å². The van der Waals surface area contributed by atoms with Gasteiger partial charge in [-0.3, -0.25) is 4.79 Å². The van der Waals surface area contributed by atoms with E-state index in [1.165, 1.54) is 6.92 Å².